The van der Waals surface area contributed by atoms with Crippen LogP contribution in [-0.4, -0.2) is 41.2 Å². The number of anilines is 1. The van der Waals surface area contributed by atoms with E-state index in [4.69, 9.17) is 4.52 Å². The lowest BCUT2D eigenvalue weighted by molar-refractivity contribution is -0.137. The molecular formula is C15H17F3N4O. The SMILES string of the molecule is Cc1cc(CN2CCN(c3ccc(C(F)(F)F)cn3)CC2)no1. The predicted octanol–water partition coefficient (Wildman–Crippen LogP) is 2.72. The smallest absolute Gasteiger partial charge is 0.361 e. The Morgan fingerprint density at radius 3 is 2.43 bits per heavy atom. The fourth-order valence-electron chi connectivity index (χ4n) is 2.60. The van der Waals surface area contributed by atoms with Gasteiger partial charge < -0.3 is 9.42 Å². The highest BCUT2D eigenvalue weighted by molar-refractivity contribution is 5.40. The second-order valence-corrected chi connectivity index (χ2v) is 5.59. The lowest BCUT2D eigenvalue weighted by Crippen LogP contribution is -2.46. The zero-order valence-corrected chi connectivity index (χ0v) is 12.7. The average molecular weight is 326 g/mol. The summed E-state index contributed by atoms with van der Waals surface area (Å²) in [4.78, 5) is 8.17. The van der Waals surface area contributed by atoms with Gasteiger partial charge in [-0.3, -0.25) is 4.90 Å². The molecule has 0 aliphatic carbocycles. The maximum absolute atomic E-state index is 12.5. The molecule has 0 aromatic carbocycles. The number of aryl methyl sites for hydroxylation is 1. The maximum atomic E-state index is 12.5. The Hall–Kier alpha value is -2.09. The van der Waals surface area contributed by atoms with Crippen LogP contribution < -0.4 is 4.90 Å². The van der Waals surface area contributed by atoms with Crippen LogP contribution >= 0.6 is 0 Å². The number of aromatic nitrogens is 2. The number of halogens is 3. The molecule has 23 heavy (non-hydrogen) atoms. The number of hydrogen-bond acceptors (Lipinski definition) is 5. The lowest BCUT2D eigenvalue weighted by atomic mass is 10.2. The van der Waals surface area contributed by atoms with Gasteiger partial charge in [-0.15, -0.1) is 0 Å². The Kier molecular flexibility index (Phi) is 4.25. The number of pyridine rings is 1. The van der Waals surface area contributed by atoms with Gasteiger partial charge in [0.05, 0.1) is 11.3 Å². The highest BCUT2D eigenvalue weighted by Crippen LogP contribution is 2.29. The first kappa shape index (κ1) is 15.8. The molecule has 0 radical (unpaired) electrons. The molecular weight excluding hydrogens is 309 g/mol. The third kappa shape index (κ3) is 3.82. The Balaban J connectivity index is 1.56. The number of nitrogens with zero attached hydrogens (tertiary/aromatic N) is 4. The number of alkyl halides is 3. The molecule has 0 amide bonds. The van der Waals surface area contributed by atoms with Gasteiger partial charge >= 0.3 is 6.18 Å². The number of piperazine rings is 1. The minimum absolute atomic E-state index is 0.579. The molecule has 1 saturated heterocycles. The predicted molar refractivity (Wildman–Crippen MR) is 78.0 cm³/mol. The molecule has 0 N–H and O–H groups in total. The average Bonchev–Trinajstić information content (AvgIpc) is 2.92. The van der Waals surface area contributed by atoms with E-state index in [-0.39, 0.29) is 0 Å². The minimum Gasteiger partial charge on any atom is -0.361 e. The van der Waals surface area contributed by atoms with Crippen molar-refractivity contribution < 1.29 is 17.7 Å². The minimum atomic E-state index is -4.35. The van der Waals surface area contributed by atoms with E-state index in [1.807, 2.05) is 17.9 Å². The van der Waals surface area contributed by atoms with Crippen LogP contribution in [0.25, 0.3) is 0 Å². The molecule has 8 heteroatoms. The maximum Gasteiger partial charge on any atom is 0.417 e. The molecule has 5 nitrogen and oxygen atoms in total. The van der Waals surface area contributed by atoms with Crippen molar-refractivity contribution in [2.75, 3.05) is 31.1 Å². The molecule has 3 heterocycles. The third-order valence-electron chi connectivity index (χ3n) is 3.83. The highest BCUT2D eigenvalue weighted by Gasteiger charge is 2.31. The normalized spacial score (nSPS) is 16.8. The molecule has 2 aromatic heterocycles. The van der Waals surface area contributed by atoms with Crippen LogP contribution in [0.15, 0.2) is 28.9 Å². The molecule has 1 fully saturated rings. The summed E-state index contributed by atoms with van der Waals surface area (Å²) in [5.41, 5.74) is 0.171. The topological polar surface area (TPSA) is 45.4 Å². The largest absolute Gasteiger partial charge is 0.417 e. The molecule has 0 spiro atoms. The molecule has 1 aliphatic rings. The van der Waals surface area contributed by atoms with Crippen LogP contribution in [0.1, 0.15) is 17.0 Å². The first-order valence-electron chi connectivity index (χ1n) is 7.34. The van der Waals surface area contributed by atoms with Crippen molar-refractivity contribution in [2.45, 2.75) is 19.6 Å². The summed E-state index contributed by atoms with van der Waals surface area (Å²) in [6.45, 7) is 5.60. The van der Waals surface area contributed by atoms with Crippen LogP contribution in [0.4, 0.5) is 19.0 Å². The van der Waals surface area contributed by atoms with Crippen LogP contribution in [0, 0.1) is 6.92 Å². The first-order chi connectivity index (χ1) is 10.9. The summed E-state index contributed by atoms with van der Waals surface area (Å²) in [5, 5.41) is 3.97. The fraction of sp³-hybridized carbons (Fsp3) is 0.467. The van der Waals surface area contributed by atoms with Gasteiger partial charge in [0.1, 0.15) is 11.6 Å². The van der Waals surface area contributed by atoms with E-state index in [2.05, 4.69) is 15.0 Å². The van der Waals surface area contributed by atoms with Gasteiger partial charge in [-0.25, -0.2) is 4.98 Å². The number of rotatable bonds is 3. The first-order valence-corrected chi connectivity index (χ1v) is 7.34. The van der Waals surface area contributed by atoms with Gasteiger partial charge in [0, 0.05) is 45.0 Å². The van der Waals surface area contributed by atoms with E-state index >= 15 is 0 Å². The van der Waals surface area contributed by atoms with E-state index in [0.29, 0.717) is 12.4 Å². The zero-order valence-electron chi connectivity index (χ0n) is 12.7. The van der Waals surface area contributed by atoms with Gasteiger partial charge in [0.15, 0.2) is 0 Å². The molecule has 2 aromatic rings. The van der Waals surface area contributed by atoms with Crippen LogP contribution in [0.3, 0.4) is 0 Å². The standard InChI is InChI=1S/C15H17F3N4O/c1-11-8-13(20-23-11)10-21-4-6-22(7-5-21)14-3-2-12(9-19-14)15(16,17)18/h2-3,8-9H,4-7,10H2,1H3. The summed E-state index contributed by atoms with van der Waals surface area (Å²) in [6.07, 6.45) is -3.46. The van der Waals surface area contributed by atoms with Crippen molar-refractivity contribution in [2.24, 2.45) is 0 Å². The Morgan fingerprint density at radius 1 is 1.17 bits per heavy atom. The van der Waals surface area contributed by atoms with Crippen molar-refractivity contribution in [3.8, 4) is 0 Å². The highest BCUT2D eigenvalue weighted by atomic mass is 19.4. The third-order valence-corrected chi connectivity index (χ3v) is 3.83. The molecule has 3 rings (SSSR count). The van der Waals surface area contributed by atoms with E-state index in [1.165, 1.54) is 6.07 Å². The van der Waals surface area contributed by atoms with Gasteiger partial charge in [-0.1, -0.05) is 5.16 Å². The monoisotopic (exact) mass is 326 g/mol. The second kappa shape index (κ2) is 6.19. The van der Waals surface area contributed by atoms with Crippen LogP contribution in [0.2, 0.25) is 0 Å². The van der Waals surface area contributed by atoms with E-state index in [0.717, 1.165) is 49.9 Å². The van der Waals surface area contributed by atoms with Crippen molar-refractivity contribution >= 4 is 5.82 Å². The Morgan fingerprint density at radius 2 is 1.91 bits per heavy atom. The molecule has 0 unspecified atom stereocenters. The summed E-state index contributed by atoms with van der Waals surface area (Å²) in [7, 11) is 0. The zero-order chi connectivity index (χ0) is 16.4. The van der Waals surface area contributed by atoms with Crippen molar-refractivity contribution in [1.29, 1.82) is 0 Å². The van der Waals surface area contributed by atoms with Gasteiger partial charge in [-0.2, -0.15) is 13.2 Å². The van der Waals surface area contributed by atoms with E-state index in [1.54, 1.807) is 0 Å². The molecule has 1 aliphatic heterocycles. The van der Waals surface area contributed by atoms with Crippen molar-refractivity contribution in [1.82, 2.24) is 15.0 Å². The van der Waals surface area contributed by atoms with Crippen molar-refractivity contribution in [3.63, 3.8) is 0 Å². The molecule has 124 valence electrons. The second-order valence-electron chi connectivity index (χ2n) is 5.59. The molecule has 0 saturated carbocycles. The van der Waals surface area contributed by atoms with E-state index < -0.39 is 11.7 Å². The van der Waals surface area contributed by atoms with Gasteiger partial charge in [0.25, 0.3) is 0 Å². The van der Waals surface area contributed by atoms with Crippen LogP contribution in [0.5, 0.6) is 0 Å². The van der Waals surface area contributed by atoms with Crippen molar-refractivity contribution in [3.05, 3.63) is 41.4 Å². The van der Waals surface area contributed by atoms with E-state index in [9.17, 15) is 13.2 Å². The summed E-state index contributed by atoms with van der Waals surface area (Å²) in [6, 6.07) is 4.41. The summed E-state index contributed by atoms with van der Waals surface area (Å²) < 4.78 is 42.7. The molecule has 0 bridgehead atoms. The summed E-state index contributed by atoms with van der Waals surface area (Å²) in [5.74, 6) is 1.36. The van der Waals surface area contributed by atoms with Gasteiger partial charge in [-0.05, 0) is 19.1 Å². The lowest BCUT2D eigenvalue weighted by Gasteiger charge is -2.35. The van der Waals surface area contributed by atoms with Gasteiger partial charge in [0.2, 0.25) is 0 Å². The van der Waals surface area contributed by atoms with Crippen LogP contribution in [-0.2, 0) is 12.7 Å². The summed E-state index contributed by atoms with van der Waals surface area (Å²) >= 11 is 0. The Labute approximate surface area is 131 Å². The quantitative estimate of drug-likeness (QED) is 0.868. The fourth-order valence-corrected chi connectivity index (χ4v) is 2.60. The Bertz CT molecular complexity index is 645. The molecule has 0 atom stereocenters. The number of hydrogen-bond donors (Lipinski definition) is 0.